The standard InChI is InChI=1S/C12H8N2.C3H6O3.ClH.Mn.2H2O/c1-3-9-5-6-10-4-2-8-14-12(10)11(9)13-7-1;1-2(4)3(5)6;;;;/h1-8H;2,4H,1H3,(H,5,6);1H;;2*1H2/q;;;+2;;/t;2-;;;;/m.0..../s1. The van der Waals surface area contributed by atoms with Crippen LogP contribution in [-0.2, 0) is 32.8 Å². The second kappa shape index (κ2) is 12.6. The van der Waals surface area contributed by atoms with E-state index < -0.39 is 12.1 Å². The van der Waals surface area contributed by atoms with Gasteiger partial charge >= 0.3 is 17.1 Å². The molecule has 1 aromatic carbocycles. The molecule has 0 aliphatic carbocycles. The van der Waals surface area contributed by atoms with Crippen LogP contribution in [0.1, 0.15) is 6.92 Å². The van der Waals surface area contributed by atoms with Crippen molar-refractivity contribution < 1.29 is 55.4 Å². The van der Waals surface area contributed by atoms with Gasteiger partial charge in [0.2, 0.25) is 0 Å². The SMILES string of the molecule is C[C@H](O)C(=O)[O-].[Cl-].[Mn+2].[OH3+].[OH3+].c1cnc2c(c1)ccc1cccnc12. The maximum absolute atomic E-state index is 9.34. The topological polar surface area (TPSA) is 152 Å². The minimum atomic E-state index is -1.44. The van der Waals surface area contributed by atoms with E-state index in [2.05, 4.69) is 34.2 Å². The number of rotatable bonds is 1. The van der Waals surface area contributed by atoms with Crippen molar-refractivity contribution in [3.05, 3.63) is 48.8 Å². The number of carbonyl (C=O) groups excluding carboxylic acids is 1. The average molecular weight is 398 g/mol. The molecule has 1 radical (unpaired) electrons. The zero-order valence-corrected chi connectivity index (χ0v) is 14.7. The molecule has 0 unspecified atom stereocenters. The molecule has 3 rings (SSSR count). The average Bonchev–Trinajstić information content (AvgIpc) is 2.47. The molecule has 0 fully saturated rings. The molecule has 7 N–H and O–H groups in total. The molecule has 0 saturated carbocycles. The molecular weight excluding hydrogens is 379 g/mol. The van der Waals surface area contributed by atoms with E-state index in [4.69, 9.17) is 5.11 Å². The summed E-state index contributed by atoms with van der Waals surface area (Å²) < 4.78 is 0. The monoisotopic (exact) mass is 397 g/mol. The van der Waals surface area contributed by atoms with Crippen LogP contribution in [0.2, 0.25) is 0 Å². The summed E-state index contributed by atoms with van der Waals surface area (Å²) in [6.07, 6.45) is 2.26. The van der Waals surface area contributed by atoms with E-state index in [1.54, 1.807) is 12.4 Å². The summed E-state index contributed by atoms with van der Waals surface area (Å²) in [4.78, 5) is 18.0. The van der Waals surface area contributed by atoms with E-state index in [0.717, 1.165) is 28.7 Å². The Kier molecular flexibility index (Phi) is 14.2. The maximum Gasteiger partial charge on any atom is 2.00 e. The zero-order chi connectivity index (χ0) is 14.5. The van der Waals surface area contributed by atoms with Gasteiger partial charge in [-0.1, -0.05) is 24.3 Å². The van der Waals surface area contributed by atoms with Gasteiger partial charge in [0.15, 0.2) is 0 Å². The predicted octanol–water partition coefficient (Wildman–Crippen LogP) is -3.94. The van der Waals surface area contributed by atoms with Crippen molar-refractivity contribution in [3.8, 4) is 0 Å². The number of fused-ring (bicyclic) bond motifs is 3. The number of halogens is 1. The molecule has 7 nitrogen and oxygen atoms in total. The molecule has 24 heavy (non-hydrogen) atoms. The Balaban J connectivity index is -0.000000394. The summed E-state index contributed by atoms with van der Waals surface area (Å²) >= 11 is 0. The van der Waals surface area contributed by atoms with Gasteiger partial charge < -0.3 is 38.4 Å². The van der Waals surface area contributed by atoms with Gasteiger partial charge in [0.25, 0.3) is 0 Å². The van der Waals surface area contributed by atoms with Crippen LogP contribution in [0.5, 0.6) is 0 Å². The third kappa shape index (κ3) is 6.76. The van der Waals surface area contributed by atoms with Crippen LogP contribution in [0.3, 0.4) is 0 Å². The molecule has 9 heteroatoms. The second-order valence-electron chi connectivity index (χ2n) is 4.21. The molecule has 131 valence electrons. The van der Waals surface area contributed by atoms with Crippen molar-refractivity contribution in [2.24, 2.45) is 0 Å². The third-order valence-corrected chi connectivity index (χ3v) is 2.69. The van der Waals surface area contributed by atoms with Gasteiger partial charge in [0, 0.05) is 23.2 Å². The van der Waals surface area contributed by atoms with Crippen LogP contribution in [0, 0.1) is 0 Å². The zero-order valence-electron chi connectivity index (χ0n) is 12.8. The Labute approximate surface area is 155 Å². The summed E-state index contributed by atoms with van der Waals surface area (Å²) in [6, 6.07) is 12.1. The quantitative estimate of drug-likeness (QED) is 0.252. The molecule has 0 aliphatic rings. The maximum atomic E-state index is 9.34. The van der Waals surface area contributed by atoms with Crippen LogP contribution < -0.4 is 17.5 Å². The van der Waals surface area contributed by atoms with Gasteiger partial charge in [0.1, 0.15) is 0 Å². The van der Waals surface area contributed by atoms with E-state index in [1.165, 1.54) is 0 Å². The number of nitrogens with zero attached hydrogens (tertiary/aromatic N) is 2. The normalized spacial score (nSPS) is 9.75. The fourth-order valence-corrected chi connectivity index (χ4v) is 1.68. The van der Waals surface area contributed by atoms with Crippen molar-refractivity contribution in [1.82, 2.24) is 9.97 Å². The van der Waals surface area contributed by atoms with Gasteiger partial charge in [-0.15, -0.1) is 0 Å². The van der Waals surface area contributed by atoms with Gasteiger partial charge in [-0.25, -0.2) is 0 Å². The Hall–Kier alpha value is -1.80. The van der Waals surface area contributed by atoms with Crippen molar-refractivity contribution in [2.75, 3.05) is 0 Å². The molecule has 0 aliphatic heterocycles. The van der Waals surface area contributed by atoms with E-state index in [0.29, 0.717) is 0 Å². The first-order valence-corrected chi connectivity index (χ1v) is 6.07. The van der Waals surface area contributed by atoms with Gasteiger partial charge in [-0.2, -0.15) is 0 Å². The number of carbonyl (C=O) groups is 1. The Morgan fingerprint density at radius 1 is 1.00 bits per heavy atom. The number of hydrogen-bond acceptors (Lipinski definition) is 5. The van der Waals surface area contributed by atoms with Gasteiger partial charge in [-0.05, 0) is 19.1 Å². The number of carboxylic acids is 1. The molecule has 2 heterocycles. The van der Waals surface area contributed by atoms with Gasteiger partial charge in [-0.3, -0.25) is 9.97 Å². The minimum absolute atomic E-state index is 0. The minimum Gasteiger partial charge on any atom is -1.00 e. The second-order valence-corrected chi connectivity index (χ2v) is 4.21. The van der Waals surface area contributed by atoms with Crippen molar-refractivity contribution in [3.63, 3.8) is 0 Å². The van der Waals surface area contributed by atoms with Crippen LogP contribution in [0.4, 0.5) is 0 Å². The summed E-state index contributed by atoms with van der Waals surface area (Å²) in [5, 5.41) is 19.6. The molecule has 0 bridgehead atoms. The molecule has 0 spiro atoms. The number of benzene rings is 1. The van der Waals surface area contributed by atoms with E-state index in [9.17, 15) is 9.90 Å². The molecule has 0 amide bonds. The fraction of sp³-hybridized carbons (Fsp3) is 0.133. The Bertz CT molecular complexity index is 703. The van der Waals surface area contributed by atoms with Gasteiger partial charge in [0.05, 0.1) is 23.1 Å². The van der Waals surface area contributed by atoms with E-state index >= 15 is 0 Å². The molecule has 1 atom stereocenters. The number of aliphatic hydroxyl groups excluding tert-OH is 1. The summed E-state index contributed by atoms with van der Waals surface area (Å²) in [7, 11) is 0. The number of aromatic nitrogens is 2. The van der Waals surface area contributed by atoms with Crippen molar-refractivity contribution in [2.45, 2.75) is 13.0 Å². The first-order chi connectivity index (χ1) is 9.59. The number of aliphatic hydroxyl groups is 1. The Morgan fingerprint density at radius 2 is 1.33 bits per heavy atom. The first kappa shape index (κ1) is 27.1. The number of hydrogen-bond donors (Lipinski definition) is 1. The number of pyridine rings is 2. The van der Waals surface area contributed by atoms with Crippen molar-refractivity contribution >= 4 is 27.8 Å². The summed E-state index contributed by atoms with van der Waals surface area (Å²) in [6.45, 7) is 1.13. The van der Waals surface area contributed by atoms with Crippen LogP contribution in [0.25, 0.3) is 21.8 Å². The first-order valence-electron chi connectivity index (χ1n) is 6.07. The van der Waals surface area contributed by atoms with Crippen LogP contribution in [-0.4, -0.2) is 27.1 Å². The number of carboxylic acid groups (broad SMARTS) is 1. The van der Waals surface area contributed by atoms with Crippen LogP contribution >= 0.6 is 0 Å². The molecule has 3 aromatic rings. The smallest absolute Gasteiger partial charge is 1.00 e. The summed E-state index contributed by atoms with van der Waals surface area (Å²) in [5.74, 6) is -1.44. The predicted molar refractivity (Wildman–Crippen MR) is 83.5 cm³/mol. The summed E-state index contributed by atoms with van der Waals surface area (Å²) in [5.41, 5.74) is 1.95. The number of aliphatic carboxylic acids is 1. The van der Waals surface area contributed by atoms with E-state index in [-0.39, 0.29) is 40.4 Å². The molecular formula is C15H19ClMnN2O5+2. The van der Waals surface area contributed by atoms with Crippen LogP contribution in [0.15, 0.2) is 48.8 Å². The fourth-order valence-electron chi connectivity index (χ4n) is 1.68. The Morgan fingerprint density at radius 3 is 1.62 bits per heavy atom. The third-order valence-electron chi connectivity index (χ3n) is 2.69. The largest absolute Gasteiger partial charge is 2.00 e. The van der Waals surface area contributed by atoms with Crippen molar-refractivity contribution in [1.29, 1.82) is 0 Å². The molecule has 2 aromatic heterocycles. The van der Waals surface area contributed by atoms with E-state index in [1.807, 2.05) is 12.1 Å². The molecule has 0 saturated heterocycles.